The third-order valence-corrected chi connectivity index (χ3v) is 6.50. The van der Waals surface area contributed by atoms with Crippen LogP contribution < -0.4 is 15.8 Å². The maximum absolute atomic E-state index is 15.1. The lowest BCUT2D eigenvalue weighted by molar-refractivity contribution is 0.0834. The van der Waals surface area contributed by atoms with Gasteiger partial charge < -0.3 is 20.5 Å². The van der Waals surface area contributed by atoms with Gasteiger partial charge in [-0.25, -0.2) is 13.6 Å². The lowest BCUT2D eigenvalue weighted by atomic mass is 9.85. The third kappa shape index (κ3) is 4.86. The molecular formula is C27H25ClF2N2O4. The number of hydrogen-bond acceptors (Lipinski definition) is 4. The molecule has 0 unspecified atom stereocenters. The fraction of sp³-hybridized carbons (Fsp3) is 0.259. The molecule has 0 radical (unpaired) electrons. The van der Waals surface area contributed by atoms with Gasteiger partial charge in [0, 0.05) is 34.7 Å². The highest BCUT2D eigenvalue weighted by Crippen LogP contribution is 2.49. The van der Waals surface area contributed by atoms with Crippen LogP contribution in [0, 0.1) is 11.6 Å². The molecular weight excluding hydrogens is 490 g/mol. The van der Waals surface area contributed by atoms with Crippen LogP contribution in [0.3, 0.4) is 0 Å². The smallest absolute Gasteiger partial charge is 0.407 e. The molecule has 4 rings (SSSR count). The van der Waals surface area contributed by atoms with E-state index >= 15 is 4.39 Å². The maximum Gasteiger partial charge on any atom is 0.407 e. The van der Waals surface area contributed by atoms with Gasteiger partial charge in [0.25, 0.3) is 0 Å². The topological polar surface area (TPSA) is 90.6 Å². The summed E-state index contributed by atoms with van der Waals surface area (Å²) in [5.41, 5.74) is 5.05. The molecule has 3 N–H and O–H groups in total. The SMILES string of the molecule is CCCCOC(=O)NC[C@@]1(c2ccccc2)Cc2c(cc(F)c(Cl)c2-c2c(F)cccc2C(N)=O)O1. The van der Waals surface area contributed by atoms with E-state index in [0.717, 1.165) is 25.0 Å². The van der Waals surface area contributed by atoms with E-state index in [2.05, 4.69) is 5.32 Å². The van der Waals surface area contributed by atoms with Gasteiger partial charge in [-0.2, -0.15) is 0 Å². The number of rotatable bonds is 8. The lowest BCUT2D eigenvalue weighted by Gasteiger charge is -2.29. The van der Waals surface area contributed by atoms with Gasteiger partial charge in [0.2, 0.25) is 5.91 Å². The highest BCUT2D eigenvalue weighted by molar-refractivity contribution is 6.34. The monoisotopic (exact) mass is 514 g/mol. The van der Waals surface area contributed by atoms with Crippen molar-refractivity contribution in [2.75, 3.05) is 13.2 Å². The number of carbonyl (C=O) groups excluding carboxylic acids is 2. The highest BCUT2D eigenvalue weighted by atomic mass is 35.5. The zero-order chi connectivity index (χ0) is 25.9. The minimum absolute atomic E-state index is 0.0121. The Morgan fingerprint density at radius 2 is 1.86 bits per heavy atom. The molecule has 3 aromatic carbocycles. The molecule has 188 valence electrons. The molecule has 1 atom stereocenters. The van der Waals surface area contributed by atoms with Crippen molar-refractivity contribution in [3.05, 3.63) is 87.9 Å². The second-order valence-electron chi connectivity index (χ2n) is 8.53. The van der Waals surface area contributed by atoms with Gasteiger partial charge >= 0.3 is 6.09 Å². The van der Waals surface area contributed by atoms with Gasteiger partial charge in [-0.15, -0.1) is 0 Å². The third-order valence-electron chi connectivity index (χ3n) is 6.13. The molecule has 0 spiro atoms. The molecule has 1 aliphatic rings. The number of unbranched alkanes of at least 4 members (excludes halogenated alkanes) is 1. The van der Waals surface area contributed by atoms with Crippen LogP contribution in [0.4, 0.5) is 13.6 Å². The van der Waals surface area contributed by atoms with Crippen LogP contribution >= 0.6 is 11.6 Å². The Morgan fingerprint density at radius 1 is 1.11 bits per heavy atom. The van der Waals surface area contributed by atoms with E-state index in [1.54, 1.807) is 12.1 Å². The van der Waals surface area contributed by atoms with Crippen molar-refractivity contribution in [3.8, 4) is 16.9 Å². The fourth-order valence-electron chi connectivity index (χ4n) is 4.36. The van der Waals surface area contributed by atoms with Crippen molar-refractivity contribution >= 4 is 23.6 Å². The van der Waals surface area contributed by atoms with Crippen LogP contribution in [0.2, 0.25) is 5.02 Å². The quantitative estimate of drug-likeness (QED) is 0.375. The first-order valence-electron chi connectivity index (χ1n) is 11.5. The van der Waals surface area contributed by atoms with E-state index < -0.39 is 29.2 Å². The highest BCUT2D eigenvalue weighted by Gasteiger charge is 2.44. The minimum Gasteiger partial charge on any atom is -0.480 e. The largest absolute Gasteiger partial charge is 0.480 e. The van der Waals surface area contributed by atoms with E-state index in [-0.39, 0.29) is 47.0 Å². The molecule has 6 nitrogen and oxygen atoms in total. The molecule has 2 amide bonds. The van der Waals surface area contributed by atoms with E-state index in [9.17, 15) is 14.0 Å². The number of amides is 2. The number of nitrogens with one attached hydrogen (secondary N) is 1. The van der Waals surface area contributed by atoms with E-state index in [1.165, 1.54) is 12.1 Å². The van der Waals surface area contributed by atoms with Gasteiger partial charge in [0.1, 0.15) is 17.4 Å². The summed E-state index contributed by atoms with van der Waals surface area (Å²) >= 11 is 6.36. The predicted molar refractivity (Wildman–Crippen MR) is 132 cm³/mol. The predicted octanol–water partition coefficient (Wildman–Crippen LogP) is 5.74. The average molecular weight is 515 g/mol. The van der Waals surface area contributed by atoms with Gasteiger partial charge in [-0.05, 0) is 24.1 Å². The minimum atomic E-state index is -1.17. The van der Waals surface area contributed by atoms with E-state index in [4.69, 9.17) is 26.8 Å². The van der Waals surface area contributed by atoms with E-state index in [1.807, 2.05) is 25.1 Å². The lowest BCUT2D eigenvalue weighted by Crippen LogP contribution is -2.44. The second-order valence-corrected chi connectivity index (χ2v) is 8.91. The number of carbonyl (C=O) groups is 2. The number of fused-ring (bicyclic) bond motifs is 1. The molecule has 9 heteroatoms. The molecule has 0 aliphatic carbocycles. The van der Waals surface area contributed by atoms with Crippen molar-refractivity contribution < 1.29 is 27.8 Å². The van der Waals surface area contributed by atoms with Crippen LogP contribution in [-0.4, -0.2) is 25.2 Å². The van der Waals surface area contributed by atoms with Crippen molar-refractivity contribution in [1.29, 1.82) is 0 Å². The fourth-order valence-corrected chi connectivity index (χ4v) is 4.63. The van der Waals surface area contributed by atoms with Crippen molar-refractivity contribution in [2.45, 2.75) is 31.8 Å². The molecule has 3 aromatic rings. The second kappa shape index (κ2) is 10.5. The van der Waals surface area contributed by atoms with E-state index in [0.29, 0.717) is 11.1 Å². The van der Waals surface area contributed by atoms with Gasteiger partial charge in [-0.1, -0.05) is 61.3 Å². The molecule has 0 saturated carbocycles. The van der Waals surface area contributed by atoms with Crippen LogP contribution in [0.5, 0.6) is 5.75 Å². The number of ether oxygens (including phenoxy) is 2. The Labute approximate surface area is 212 Å². The van der Waals surface area contributed by atoms with Crippen LogP contribution in [-0.2, 0) is 16.8 Å². The van der Waals surface area contributed by atoms with Crippen molar-refractivity contribution in [1.82, 2.24) is 5.32 Å². The van der Waals surface area contributed by atoms with Crippen molar-refractivity contribution in [3.63, 3.8) is 0 Å². The molecule has 1 aliphatic heterocycles. The first kappa shape index (κ1) is 25.4. The Hall–Kier alpha value is -3.65. The summed E-state index contributed by atoms with van der Waals surface area (Å²) in [6, 6.07) is 14.0. The van der Waals surface area contributed by atoms with Crippen molar-refractivity contribution in [2.24, 2.45) is 5.73 Å². The number of primary amides is 1. The zero-order valence-electron chi connectivity index (χ0n) is 19.6. The first-order chi connectivity index (χ1) is 17.3. The summed E-state index contributed by atoms with van der Waals surface area (Å²) in [4.78, 5) is 24.4. The van der Waals surface area contributed by atoms with Gasteiger partial charge in [0.15, 0.2) is 5.60 Å². The Bertz CT molecular complexity index is 1300. The number of benzene rings is 3. The summed E-state index contributed by atoms with van der Waals surface area (Å²) in [6.45, 7) is 2.24. The molecule has 0 bridgehead atoms. The average Bonchev–Trinajstić information content (AvgIpc) is 3.24. The number of halogens is 3. The normalized spacial score (nSPS) is 16.2. The van der Waals surface area contributed by atoms with Crippen LogP contribution in [0.1, 0.15) is 41.3 Å². The molecule has 0 aromatic heterocycles. The summed E-state index contributed by atoms with van der Waals surface area (Å²) in [5, 5.41) is 2.37. The van der Waals surface area contributed by atoms with Crippen LogP contribution in [0.15, 0.2) is 54.6 Å². The van der Waals surface area contributed by atoms with Gasteiger partial charge in [0.05, 0.1) is 18.2 Å². The van der Waals surface area contributed by atoms with Gasteiger partial charge in [-0.3, -0.25) is 4.79 Å². The Kier molecular flexibility index (Phi) is 7.45. The summed E-state index contributed by atoms with van der Waals surface area (Å²) in [6.07, 6.45) is 1.08. The Balaban J connectivity index is 1.80. The summed E-state index contributed by atoms with van der Waals surface area (Å²) in [5.74, 6) is -2.39. The number of hydrogen-bond donors (Lipinski definition) is 2. The molecule has 0 fully saturated rings. The standard InChI is InChI=1S/C27H25ClF2N2O4/c1-2-3-12-35-26(34)32-15-27(16-8-5-4-6-9-16)14-18-21(36-27)13-20(30)24(28)23(18)22-17(25(31)33)10-7-11-19(22)29/h4-11,13H,2-3,12,14-15H2,1H3,(H2,31,33)(H,32,34)/t27-/m1/s1. The first-order valence-corrected chi connectivity index (χ1v) is 11.9. The molecule has 0 saturated heterocycles. The summed E-state index contributed by atoms with van der Waals surface area (Å²) in [7, 11) is 0. The number of alkyl carbamates (subject to hydrolysis) is 1. The molecule has 1 heterocycles. The summed E-state index contributed by atoms with van der Waals surface area (Å²) < 4.78 is 41.6. The maximum atomic E-state index is 15.1. The van der Waals surface area contributed by atoms with Crippen LogP contribution in [0.25, 0.3) is 11.1 Å². The molecule has 36 heavy (non-hydrogen) atoms. The Morgan fingerprint density at radius 3 is 2.56 bits per heavy atom. The zero-order valence-corrected chi connectivity index (χ0v) is 20.3. The number of nitrogens with two attached hydrogens (primary N) is 1.